The van der Waals surface area contributed by atoms with Gasteiger partial charge in [-0.1, -0.05) is 0 Å². The number of aliphatic carboxylic acids is 1. The van der Waals surface area contributed by atoms with Crippen molar-refractivity contribution in [2.24, 2.45) is 0 Å². The summed E-state index contributed by atoms with van der Waals surface area (Å²) < 4.78 is 5.15. The molecule has 0 saturated carbocycles. The first-order valence-corrected chi connectivity index (χ1v) is 4.57. The zero-order chi connectivity index (χ0) is 10.1. The third kappa shape index (κ3) is 1.45. The molecule has 5 heteroatoms. The Labute approximate surface area is 80.7 Å². The monoisotopic (exact) mass is 197 g/mol. The van der Waals surface area contributed by atoms with Gasteiger partial charge in [0.15, 0.2) is 17.6 Å². The van der Waals surface area contributed by atoms with Crippen molar-refractivity contribution in [3.63, 3.8) is 0 Å². The van der Waals surface area contributed by atoms with Crippen LogP contribution in [0.25, 0.3) is 0 Å². The molecule has 0 aromatic rings. The smallest absolute Gasteiger partial charge is 0.329 e. The fourth-order valence-corrected chi connectivity index (χ4v) is 1.68. The molecule has 1 atom stereocenters. The Morgan fingerprint density at radius 1 is 1.50 bits per heavy atom. The van der Waals surface area contributed by atoms with Gasteiger partial charge in [0.2, 0.25) is 0 Å². The van der Waals surface area contributed by atoms with Crippen molar-refractivity contribution in [2.75, 3.05) is 6.61 Å². The molecule has 0 fully saturated rings. The fourth-order valence-electron chi connectivity index (χ4n) is 1.68. The Hall–Kier alpha value is -1.52. The zero-order valence-corrected chi connectivity index (χ0v) is 7.58. The van der Waals surface area contributed by atoms with Gasteiger partial charge in [-0.3, -0.25) is 4.79 Å². The van der Waals surface area contributed by atoms with E-state index in [-0.39, 0.29) is 12.4 Å². The number of nitrogens with one attached hydrogen (secondary N) is 1. The summed E-state index contributed by atoms with van der Waals surface area (Å²) in [5.74, 6) is -0.633. The molecule has 1 aliphatic heterocycles. The Kier molecular flexibility index (Phi) is 2.15. The number of allylic oxidation sites excluding steroid dienone is 2. The van der Waals surface area contributed by atoms with Crippen LogP contribution in [-0.4, -0.2) is 29.5 Å². The van der Waals surface area contributed by atoms with E-state index in [9.17, 15) is 9.59 Å². The molecule has 0 bridgehead atoms. The van der Waals surface area contributed by atoms with Crippen LogP contribution in [0.5, 0.6) is 0 Å². The van der Waals surface area contributed by atoms with E-state index in [4.69, 9.17) is 9.84 Å². The minimum Gasteiger partial charge on any atom is -0.485 e. The highest BCUT2D eigenvalue weighted by atomic mass is 16.5. The van der Waals surface area contributed by atoms with E-state index in [1.54, 1.807) is 0 Å². The van der Waals surface area contributed by atoms with Gasteiger partial charge in [0.1, 0.15) is 6.61 Å². The van der Waals surface area contributed by atoms with Crippen LogP contribution in [0.1, 0.15) is 19.3 Å². The molecule has 0 aromatic carbocycles. The molecule has 2 aliphatic rings. The number of carboxylic acids is 1. The second-order valence-electron chi connectivity index (χ2n) is 3.43. The summed E-state index contributed by atoms with van der Waals surface area (Å²) in [5, 5.41) is 11.6. The van der Waals surface area contributed by atoms with Crippen molar-refractivity contribution >= 4 is 11.8 Å². The first-order valence-electron chi connectivity index (χ1n) is 4.57. The molecule has 76 valence electrons. The summed E-state index contributed by atoms with van der Waals surface area (Å²) in [6.45, 7) is 0.0277. The molecule has 5 nitrogen and oxygen atoms in total. The third-order valence-electron chi connectivity index (χ3n) is 2.40. The standard InChI is InChI=1S/C9H11NO4/c11-7-3-1-2-5-8(7)14-4-6(10-5)9(12)13/h6,10H,1-4H2,(H,12,13). The normalized spacial score (nSPS) is 26.3. The molecule has 0 amide bonds. The van der Waals surface area contributed by atoms with Gasteiger partial charge in [-0.25, -0.2) is 4.79 Å². The molecule has 0 aromatic heterocycles. The SMILES string of the molecule is O=C1CCCC2=C1OCC(C(=O)O)N2. The van der Waals surface area contributed by atoms with Gasteiger partial charge in [0, 0.05) is 6.42 Å². The maximum Gasteiger partial charge on any atom is 0.329 e. The summed E-state index contributed by atoms with van der Waals surface area (Å²) in [6.07, 6.45) is 1.96. The Bertz CT molecular complexity index is 321. The van der Waals surface area contributed by atoms with Gasteiger partial charge in [-0.05, 0) is 12.8 Å². The van der Waals surface area contributed by atoms with E-state index in [1.807, 2.05) is 0 Å². The largest absolute Gasteiger partial charge is 0.485 e. The van der Waals surface area contributed by atoms with Crippen LogP contribution >= 0.6 is 0 Å². The highest BCUT2D eigenvalue weighted by molar-refractivity contribution is 5.95. The van der Waals surface area contributed by atoms with Gasteiger partial charge < -0.3 is 15.2 Å². The number of carbonyl (C=O) groups excluding carboxylic acids is 1. The van der Waals surface area contributed by atoms with E-state index in [0.717, 1.165) is 6.42 Å². The minimum atomic E-state index is -0.949. The summed E-state index contributed by atoms with van der Waals surface area (Å²) in [7, 11) is 0. The summed E-state index contributed by atoms with van der Waals surface area (Å²) in [4.78, 5) is 22.0. The molecular formula is C9H11NO4. The lowest BCUT2D eigenvalue weighted by Crippen LogP contribution is -2.45. The number of hydrogen-bond acceptors (Lipinski definition) is 4. The van der Waals surface area contributed by atoms with Crippen molar-refractivity contribution in [2.45, 2.75) is 25.3 Å². The van der Waals surface area contributed by atoms with Crippen molar-refractivity contribution in [3.05, 3.63) is 11.5 Å². The number of Topliss-reactive ketones (excluding diaryl/α,β-unsaturated/α-hetero) is 1. The lowest BCUT2D eigenvalue weighted by atomic mass is 9.99. The maximum absolute atomic E-state index is 11.3. The predicted octanol–water partition coefficient (Wildman–Crippen LogP) is 0.0240. The Morgan fingerprint density at radius 2 is 2.29 bits per heavy atom. The number of ketones is 1. The highest BCUT2D eigenvalue weighted by Crippen LogP contribution is 2.24. The molecule has 1 unspecified atom stereocenters. The van der Waals surface area contributed by atoms with Crippen LogP contribution in [0.15, 0.2) is 11.5 Å². The summed E-state index contributed by atoms with van der Waals surface area (Å²) in [5.41, 5.74) is 0.653. The molecule has 0 saturated heterocycles. The first kappa shape index (κ1) is 9.05. The number of rotatable bonds is 1. The second kappa shape index (κ2) is 3.32. The average Bonchev–Trinajstić information content (AvgIpc) is 2.17. The van der Waals surface area contributed by atoms with Crippen LogP contribution in [-0.2, 0) is 14.3 Å². The topological polar surface area (TPSA) is 75.6 Å². The van der Waals surface area contributed by atoms with E-state index in [1.165, 1.54) is 0 Å². The Balaban J connectivity index is 2.19. The second-order valence-corrected chi connectivity index (χ2v) is 3.43. The van der Waals surface area contributed by atoms with Crippen molar-refractivity contribution < 1.29 is 19.4 Å². The molecule has 14 heavy (non-hydrogen) atoms. The Morgan fingerprint density at radius 3 is 3.00 bits per heavy atom. The number of carbonyl (C=O) groups is 2. The van der Waals surface area contributed by atoms with Crippen LogP contribution < -0.4 is 5.32 Å². The maximum atomic E-state index is 11.3. The average molecular weight is 197 g/mol. The van der Waals surface area contributed by atoms with Crippen molar-refractivity contribution in [3.8, 4) is 0 Å². The van der Waals surface area contributed by atoms with E-state index >= 15 is 0 Å². The molecule has 2 N–H and O–H groups in total. The predicted molar refractivity (Wildman–Crippen MR) is 46.4 cm³/mol. The van der Waals surface area contributed by atoms with Gasteiger partial charge in [-0.15, -0.1) is 0 Å². The van der Waals surface area contributed by atoms with Gasteiger partial charge in [-0.2, -0.15) is 0 Å². The third-order valence-corrected chi connectivity index (χ3v) is 2.40. The molecule has 1 heterocycles. The van der Waals surface area contributed by atoms with E-state index in [2.05, 4.69) is 5.32 Å². The van der Waals surface area contributed by atoms with Crippen LogP contribution in [0, 0.1) is 0 Å². The number of carboxylic acid groups (broad SMARTS) is 1. The zero-order valence-electron chi connectivity index (χ0n) is 7.58. The quantitative estimate of drug-likeness (QED) is 0.620. The number of hydrogen-bond donors (Lipinski definition) is 2. The molecule has 0 radical (unpaired) electrons. The van der Waals surface area contributed by atoms with Crippen molar-refractivity contribution in [1.29, 1.82) is 0 Å². The van der Waals surface area contributed by atoms with Gasteiger partial charge >= 0.3 is 5.97 Å². The van der Waals surface area contributed by atoms with Crippen LogP contribution in [0.4, 0.5) is 0 Å². The molecule has 0 spiro atoms. The van der Waals surface area contributed by atoms with Crippen LogP contribution in [0.2, 0.25) is 0 Å². The summed E-state index contributed by atoms with van der Waals surface area (Å²) >= 11 is 0. The lowest BCUT2D eigenvalue weighted by molar-refractivity contribution is -0.142. The molecular weight excluding hydrogens is 186 g/mol. The summed E-state index contributed by atoms with van der Waals surface area (Å²) in [6, 6.07) is -0.723. The highest BCUT2D eigenvalue weighted by Gasteiger charge is 2.31. The lowest BCUT2D eigenvalue weighted by Gasteiger charge is -2.29. The van der Waals surface area contributed by atoms with E-state index < -0.39 is 12.0 Å². The minimum absolute atomic E-state index is 0.0254. The molecule has 1 aliphatic carbocycles. The van der Waals surface area contributed by atoms with Gasteiger partial charge in [0.25, 0.3) is 0 Å². The first-order chi connectivity index (χ1) is 6.68. The van der Waals surface area contributed by atoms with Crippen molar-refractivity contribution in [1.82, 2.24) is 5.32 Å². The molecule has 2 rings (SSSR count). The van der Waals surface area contributed by atoms with Gasteiger partial charge in [0.05, 0.1) is 5.70 Å². The fraction of sp³-hybridized carbons (Fsp3) is 0.556. The number of ether oxygens (including phenoxy) is 1. The van der Waals surface area contributed by atoms with Crippen LogP contribution in [0.3, 0.4) is 0 Å². The van der Waals surface area contributed by atoms with E-state index in [0.29, 0.717) is 24.3 Å².